The molecule has 36 heavy (non-hydrogen) atoms. The minimum atomic E-state index is -0.600. The minimum Gasteiger partial charge on any atom is -0.472 e. The molecule has 1 amide bonds. The van der Waals surface area contributed by atoms with E-state index in [4.69, 9.17) is 14.3 Å². The van der Waals surface area contributed by atoms with Crippen LogP contribution in [0.5, 0.6) is 0 Å². The van der Waals surface area contributed by atoms with Crippen molar-refractivity contribution < 1.29 is 13.9 Å². The van der Waals surface area contributed by atoms with Gasteiger partial charge < -0.3 is 24.0 Å². The highest BCUT2D eigenvalue weighted by Crippen LogP contribution is 2.37. The first-order valence-electron chi connectivity index (χ1n) is 11.5. The molecular formula is C26H22BrN5O4. The third-order valence-electron chi connectivity index (χ3n) is 6.36. The summed E-state index contributed by atoms with van der Waals surface area (Å²) in [5.74, 6) is -0.0781. The lowest BCUT2D eigenvalue weighted by atomic mass is 10.1. The molecule has 0 saturated carbocycles. The van der Waals surface area contributed by atoms with Crippen molar-refractivity contribution in [3.8, 4) is 16.9 Å². The highest BCUT2D eigenvalue weighted by atomic mass is 79.9. The number of furan rings is 1. The third kappa shape index (κ3) is 4.08. The second-order valence-corrected chi connectivity index (χ2v) is 9.65. The van der Waals surface area contributed by atoms with E-state index in [0.717, 1.165) is 37.9 Å². The number of nitrogens with one attached hydrogen (secondary N) is 2. The average Bonchev–Trinajstić information content (AvgIpc) is 3.65. The number of H-pyrrole nitrogens is 2. The van der Waals surface area contributed by atoms with E-state index in [2.05, 4.69) is 25.9 Å². The van der Waals surface area contributed by atoms with Gasteiger partial charge in [0.1, 0.15) is 11.8 Å². The fourth-order valence-corrected chi connectivity index (χ4v) is 4.81. The monoisotopic (exact) mass is 547 g/mol. The molecule has 4 heterocycles. The lowest BCUT2D eigenvalue weighted by molar-refractivity contribution is -0.130. The molecular weight excluding hydrogens is 526 g/mol. The van der Waals surface area contributed by atoms with Crippen molar-refractivity contribution in [1.29, 1.82) is 0 Å². The summed E-state index contributed by atoms with van der Waals surface area (Å²) >= 11 is 3.47. The van der Waals surface area contributed by atoms with E-state index < -0.39 is 12.3 Å². The summed E-state index contributed by atoms with van der Waals surface area (Å²) in [5, 5.41) is 4.82. The van der Waals surface area contributed by atoms with Gasteiger partial charge in [-0.3, -0.25) is 4.79 Å². The number of halogens is 1. The maximum absolute atomic E-state index is 13.1. The number of nitrogens with zero attached hydrogens (tertiary/aromatic N) is 3. The van der Waals surface area contributed by atoms with Crippen LogP contribution in [0.2, 0.25) is 0 Å². The second kappa shape index (κ2) is 8.96. The van der Waals surface area contributed by atoms with E-state index in [0.29, 0.717) is 18.7 Å². The van der Waals surface area contributed by atoms with E-state index in [1.54, 1.807) is 29.0 Å². The number of carbonyl (C=O) groups excluding carboxylic acids is 1. The van der Waals surface area contributed by atoms with Gasteiger partial charge in [0.2, 0.25) is 0 Å². The molecule has 2 aromatic carbocycles. The number of hydrogen-bond acceptors (Lipinski definition) is 5. The lowest BCUT2D eigenvalue weighted by Crippen LogP contribution is -2.32. The van der Waals surface area contributed by atoms with Crippen LogP contribution >= 0.6 is 15.9 Å². The third-order valence-corrected chi connectivity index (χ3v) is 6.89. The fourth-order valence-electron chi connectivity index (χ4n) is 4.55. The number of amides is 1. The standard InChI is InChI=1S/C26H22BrN5O4/c1-15-24(33)31(10-8-16-2-7-21-22(12-16)29-26(34)28-21)25(36-15)20-13-32(19-5-3-18(27)4-6-19)30-23(20)17-9-11-35-14-17/h2-7,9,11-15,25H,8,10H2,1H3,(H2,28,29,34)/t15-,25-/m0/s1. The Bertz CT molecular complexity index is 1600. The average molecular weight is 548 g/mol. The van der Waals surface area contributed by atoms with Gasteiger partial charge >= 0.3 is 5.69 Å². The molecule has 0 unspecified atom stereocenters. The number of imidazole rings is 1. The summed E-state index contributed by atoms with van der Waals surface area (Å²) in [6.07, 6.45) is 4.56. The molecule has 1 aliphatic rings. The highest BCUT2D eigenvalue weighted by molar-refractivity contribution is 9.10. The van der Waals surface area contributed by atoms with E-state index in [-0.39, 0.29) is 11.6 Å². The second-order valence-electron chi connectivity index (χ2n) is 8.74. The maximum atomic E-state index is 13.1. The van der Waals surface area contributed by atoms with Crippen LogP contribution in [-0.4, -0.2) is 43.2 Å². The van der Waals surface area contributed by atoms with Crippen LogP contribution in [0.4, 0.5) is 0 Å². The van der Waals surface area contributed by atoms with Crippen molar-refractivity contribution in [1.82, 2.24) is 24.6 Å². The first-order valence-corrected chi connectivity index (χ1v) is 12.3. The van der Waals surface area contributed by atoms with E-state index in [9.17, 15) is 9.59 Å². The maximum Gasteiger partial charge on any atom is 0.323 e. The van der Waals surface area contributed by atoms with Crippen LogP contribution in [-0.2, 0) is 16.0 Å². The SMILES string of the molecule is C[C@@H]1O[C@@H](c2cn(-c3ccc(Br)cc3)nc2-c2ccoc2)N(CCc2ccc3[nH]c(=O)[nH]c3c2)C1=O. The fraction of sp³-hybridized carbons (Fsp3) is 0.192. The molecule has 1 saturated heterocycles. The van der Waals surface area contributed by atoms with Crippen LogP contribution < -0.4 is 5.69 Å². The topological polar surface area (TPSA) is 109 Å². The van der Waals surface area contributed by atoms with Gasteiger partial charge in [0.05, 0.1) is 29.2 Å². The van der Waals surface area contributed by atoms with Crippen molar-refractivity contribution in [2.24, 2.45) is 0 Å². The number of hydrogen-bond donors (Lipinski definition) is 2. The number of aromatic amines is 2. The molecule has 9 nitrogen and oxygen atoms in total. The number of rotatable bonds is 6. The van der Waals surface area contributed by atoms with Crippen LogP contribution in [0, 0.1) is 0 Å². The van der Waals surface area contributed by atoms with Crippen LogP contribution in [0.15, 0.2) is 80.9 Å². The molecule has 0 bridgehead atoms. The molecule has 6 rings (SSSR count). The molecule has 0 radical (unpaired) electrons. The van der Waals surface area contributed by atoms with Gasteiger partial charge in [-0.15, -0.1) is 0 Å². The van der Waals surface area contributed by atoms with Gasteiger partial charge in [-0.1, -0.05) is 22.0 Å². The predicted octanol–water partition coefficient (Wildman–Crippen LogP) is 4.55. The molecule has 1 fully saturated rings. The van der Waals surface area contributed by atoms with Crippen molar-refractivity contribution >= 4 is 32.9 Å². The normalized spacial score (nSPS) is 17.9. The Hall–Kier alpha value is -3.89. The quantitative estimate of drug-likeness (QED) is 0.324. The number of ether oxygens (including phenoxy) is 1. The Morgan fingerprint density at radius 1 is 1.06 bits per heavy atom. The van der Waals surface area contributed by atoms with Crippen molar-refractivity contribution in [2.45, 2.75) is 25.7 Å². The molecule has 182 valence electrons. The van der Waals surface area contributed by atoms with Gasteiger partial charge in [-0.05, 0) is 61.4 Å². The molecule has 3 aromatic heterocycles. The summed E-state index contributed by atoms with van der Waals surface area (Å²) in [7, 11) is 0. The summed E-state index contributed by atoms with van der Waals surface area (Å²) in [6, 6.07) is 15.4. The van der Waals surface area contributed by atoms with Gasteiger partial charge in [-0.25, -0.2) is 9.48 Å². The molecule has 0 aliphatic carbocycles. The van der Waals surface area contributed by atoms with Crippen molar-refractivity contribution in [2.75, 3.05) is 6.54 Å². The van der Waals surface area contributed by atoms with Gasteiger partial charge in [-0.2, -0.15) is 5.10 Å². The first kappa shape index (κ1) is 22.6. The van der Waals surface area contributed by atoms with E-state index in [1.165, 1.54) is 0 Å². The first-order chi connectivity index (χ1) is 17.5. The van der Waals surface area contributed by atoms with Gasteiger partial charge in [0.25, 0.3) is 5.91 Å². The minimum absolute atomic E-state index is 0.0781. The predicted molar refractivity (Wildman–Crippen MR) is 137 cm³/mol. The number of fused-ring (bicyclic) bond motifs is 1. The smallest absolute Gasteiger partial charge is 0.323 e. The Balaban J connectivity index is 1.34. The molecule has 2 atom stereocenters. The zero-order valence-electron chi connectivity index (χ0n) is 19.3. The number of aromatic nitrogens is 4. The largest absolute Gasteiger partial charge is 0.472 e. The summed E-state index contributed by atoms with van der Waals surface area (Å²) in [6.45, 7) is 2.21. The Morgan fingerprint density at radius 3 is 2.64 bits per heavy atom. The molecule has 0 spiro atoms. The van der Waals surface area contributed by atoms with Gasteiger partial charge in [0, 0.05) is 28.3 Å². The molecule has 1 aliphatic heterocycles. The zero-order chi connectivity index (χ0) is 24.8. The van der Waals surface area contributed by atoms with Crippen molar-refractivity contribution in [3.63, 3.8) is 0 Å². The number of carbonyl (C=O) groups is 1. The Morgan fingerprint density at radius 2 is 1.86 bits per heavy atom. The van der Waals surface area contributed by atoms with E-state index in [1.807, 2.05) is 54.7 Å². The molecule has 5 aromatic rings. The van der Waals surface area contributed by atoms with E-state index >= 15 is 0 Å². The summed E-state index contributed by atoms with van der Waals surface area (Å²) in [5.41, 5.74) is 5.41. The molecule has 2 N–H and O–H groups in total. The Labute approximate surface area is 213 Å². The van der Waals surface area contributed by atoms with Gasteiger partial charge in [0.15, 0.2) is 6.23 Å². The highest BCUT2D eigenvalue weighted by Gasteiger charge is 2.40. The van der Waals surface area contributed by atoms with Crippen LogP contribution in [0.3, 0.4) is 0 Å². The molecule has 10 heteroatoms. The van der Waals surface area contributed by atoms with Crippen LogP contribution in [0.25, 0.3) is 28.0 Å². The summed E-state index contributed by atoms with van der Waals surface area (Å²) < 4.78 is 14.3. The number of benzene rings is 2. The van der Waals surface area contributed by atoms with Crippen molar-refractivity contribution in [3.05, 3.63) is 93.3 Å². The zero-order valence-corrected chi connectivity index (χ0v) is 20.9. The summed E-state index contributed by atoms with van der Waals surface area (Å²) in [4.78, 5) is 32.0. The Kier molecular flexibility index (Phi) is 5.62. The lowest BCUT2D eigenvalue weighted by Gasteiger charge is -2.23. The van der Waals surface area contributed by atoms with Crippen LogP contribution in [0.1, 0.15) is 24.3 Å².